The summed E-state index contributed by atoms with van der Waals surface area (Å²) in [4.78, 5) is 2.30. The highest BCUT2D eigenvalue weighted by molar-refractivity contribution is 6.08. The average molecular weight is 452 g/mol. The van der Waals surface area contributed by atoms with E-state index >= 15 is 0 Å². The lowest BCUT2D eigenvalue weighted by Crippen LogP contribution is -2.09. The zero-order valence-electron chi connectivity index (χ0n) is 19.6. The average Bonchev–Trinajstić information content (AvgIpc) is 2.94. The summed E-state index contributed by atoms with van der Waals surface area (Å²) in [6.07, 6.45) is 0. The summed E-state index contributed by atoms with van der Waals surface area (Å²) in [5, 5.41) is 5.00. The van der Waals surface area contributed by atoms with E-state index in [9.17, 15) is 0 Å². The van der Waals surface area contributed by atoms with Crippen LogP contribution < -0.4 is 9.64 Å². The third kappa shape index (κ3) is 4.00. The monoisotopic (exact) mass is 451 g/mol. The highest BCUT2D eigenvalue weighted by Gasteiger charge is 2.14. The molecule has 0 amide bonds. The molecule has 2 nitrogen and oxygen atoms in total. The van der Waals surface area contributed by atoms with Crippen LogP contribution in [0.4, 0.5) is 17.1 Å². The van der Waals surface area contributed by atoms with Crippen molar-refractivity contribution in [2.75, 3.05) is 12.0 Å². The third-order valence-corrected chi connectivity index (χ3v) is 6.55. The van der Waals surface area contributed by atoms with E-state index in [4.69, 9.17) is 4.74 Å². The first-order chi connectivity index (χ1) is 17.3. The predicted octanol–water partition coefficient (Wildman–Crippen LogP) is 9.14. The Balaban J connectivity index is 1.50. The maximum atomic E-state index is 5.41. The van der Waals surface area contributed by atoms with Gasteiger partial charge in [-0.2, -0.15) is 0 Å². The second kappa shape index (κ2) is 9.00. The van der Waals surface area contributed by atoms with Crippen LogP contribution in [-0.4, -0.2) is 7.11 Å². The summed E-state index contributed by atoms with van der Waals surface area (Å²) >= 11 is 0. The minimum Gasteiger partial charge on any atom is -0.497 e. The molecule has 0 aliphatic heterocycles. The highest BCUT2D eigenvalue weighted by atomic mass is 16.5. The molecule has 0 fully saturated rings. The summed E-state index contributed by atoms with van der Waals surface area (Å²) in [6, 6.07) is 47.2. The zero-order valence-corrected chi connectivity index (χ0v) is 19.6. The molecular formula is C33H25NO. The Morgan fingerprint density at radius 1 is 0.457 bits per heavy atom. The van der Waals surface area contributed by atoms with E-state index in [1.807, 2.05) is 18.2 Å². The van der Waals surface area contributed by atoms with Crippen molar-refractivity contribution in [1.82, 2.24) is 0 Å². The van der Waals surface area contributed by atoms with Crippen molar-refractivity contribution in [2.24, 2.45) is 0 Å². The Kier molecular flexibility index (Phi) is 5.40. The van der Waals surface area contributed by atoms with Gasteiger partial charge in [-0.25, -0.2) is 0 Å². The Hall–Kier alpha value is -4.56. The van der Waals surface area contributed by atoms with Crippen molar-refractivity contribution >= 4 is 38.6 Å². The van der Waals surface area contributed by atoms with Crippen LogP contribution in [0.2, 0.25) is 0 Å². The number of hydrogen-bond acceptors (Lipinski definition) is 2. The molecule has 6 aromatic carbocycles. The fraction of sp³-hybridized carbons (Fsp3) is 0.0303. The maximum Gasteiger partial charge on any atom is 0.119 e. The summed E-state index contributed by atoms with van der Waals surface area (Å²) in [6.45, 7) is 0. The molecule has 0 aromatic heterocycles. The van der Waals surface area contributed by atoms with Gasteiger partial charge in [-0.1, -0.05) is 84.9 Å². The largest absolute Gasteiger partial charge is 0.497 e. The molecular weight excluding hydrogens is 426 g/mol. The lowest BCUT2D eigenvalue weighted by molar-refractivity contribution is 0.415. The molecule has 0 saturated heterocycles. The molecule has 6 rings (SSSR count). The van der Waals surface area contributed by atoms with Gasteiger partial charge in [0.05, 0.1) is 7.11 Å². The van der Waals surface area contributed by atoms with Crippen LogP contribution in [0.15, 0.2) is 133 Å². The van der Waals surface area contributed by atoms with Crippen LogP contribution in [-0.2, 0) is 0 Å². The minimum absolute atomic E-state index is 0.845. The molecule has 0 radical (unpaired) electrons. The molecule has 0 unspecified atom stereocenters. The van der Waals surface area contributed by atoms with E-state index < -0.39 is 0 Å². The smallest absolute Gasteiger partial charge is 0.119 e. The van der Waals surface area contributed by atoms with Crippen molar-refractivity contribution in [3.8, 4) is 16.9 Å². The van der Waals surface area contributed by atoms with Crippen LogP contribution in [0.25, 0.3) is 32.7 Å². The van der Waals surface area contributed by atoms with E-state index in [2.05, 4.69) is 120 Å². The van der Waals surface area contributed by atoms with Crippen molar-refractivity contribution in [3.05, 3.63) is 133 Å². The van der Waals surface area contributed by atoms with Gasteiger partial charge in [0.25, 0.3) is 0 Å². The van der Waals surface area contributed by atoms with Gasteiger partial charge in [-0.05, 0) is 81.2 Å². The van der Waals surface area contributed by atoms with Gasteiger partial charge in [0.15, 0.2) is 0 Å². The normalized spacial score (nSPS) is 11.0. The van der Waals surface area contributed by atoms with E-state index in [0.29, 0.717) is 0 Å². The molecule has 168 valence electrons. The fourth-order valence-electron chi connectivity index (χ4n) is 4.74. The van der Waals surface area contributed by atoms with Gasteiger partial charge >= 0.3 is 0 Å². The Bertz CT molecular complexity index is 1600. The van der Waals surface area contributed by atoms with Crippen LogP contribution >= 0.6 is 0 Å². The number of anilines is 3. The standard InChI is InChI=1S/C33H25NO/c1-35-31-21-19-29(20-22-31)34(28-16-13-25(14-17-28)24-7-3-2-4-8-24)30-18-15-27-12-11-26-9-5-6-10-32(26)33(27)23-30/h2-23H,1H3. The van der Waals surface area contributed by atoms with Crippen LogP contribution in [0.3, 0.4) is 0 Å². The molecule has 35 heavy (non-hydrogen) atoms. The highest BCUT2D eigenvalue weighted by Crippen LogP contribution is 2.38. The van der Waals surface area contributed by atoms with Crippen LogP contribution in [0, 0.1) is 0 Å². The van der Waals surface area contributed by atoms with Crippen molar-refractivity contribution in [2.45, 2.75) is 0 Å². The van der Waals surface area contributed by atoms with Gasteiger partial charge in [0.2, 0.25) is 0 Å². The summed E-state index contributed by atoms with van der Waals surface area (Å²) < 4.78 is 5.41. The molecule has 6 aromatic rings. The van der Waals surface area contributed by atoms with E-state index in [1.165, 1.54) is 32.7 Å². The van der Waals surface area contributed by atoms with E-state index in [1.54, 1.807) is 7.11 Å². The number of methoxy groups -OCH3 is 1. The summed E-state index contributed by atoms with van der Waals surface area (Å²) in [5.74, 6) is 0.845. The number of fused-ring (bicyclic) bond motifs is 3. The Labute approximate surface area is 205 Å². The topological polar surface area (TPSA) is 12.5 Å². The molecule has 0 atom stereocenters. The molecule has 0 heterocycles. The second-order valence-electron chi connectivity index (χ2n) is 8.64. The molecule has 0 saturated carbocycles. The first kappa shape index (κ1) is 21.0. The Morgan fingerprint density at radius 3 is 1.71 bits per heavy atom. The van der Waals surface area contributed by atoms with Gasteiger partial charge in [0, 0.05) is 17.1 Å². The van der Waals surface area contributed by atoms with Crippen molar-refractivity contribution in [1.29, 1.82) is 0 Å². The molecule has 0 bridgehead atoms. The molecule has 0 aliphatic carbocycles. The van der Waals surface area contributed by atoms with E-state index in [0.717, 1.165) is 22.8 Å². The zero-order chi connectivity index (χ0) is 23.6. The van der Waals surface area contributed by atoms with Gasteiger partial charge in [0.1, 0.15) is 5.75 Å². The molecule has 2 heteroatoms. The third-order valence-electron chi connectivity index (χ3n) is 6.55. The lowest BCUT2D eigenvalue weighted by atomic mass is 10.0. The maximum absolute atomic E-state index is 5.41. The number of hydrogen-bond donors (Lipinski definition) is 0. The van der Waals surface area contributed by atoms with Crippen LogP contribution in [0.1, 0.15) is 0 Å². The number of nitrogens with zero attached hydrogens (tertiary/aromatic N) is 1. The van der Waals surface area contributed by atoms with E-state index in [-0.39, 0.29) is 0 Å². The minimum atomic E-state index is 0.845. The van der Waals surface area contributed by atoms with Crippen molar-refractivity contribution < 1.29 is 4.74 Å². The molecule has 0 spiro atoms. The number of rotatable bonds is 5. The van der Waals surface area contributed by atoms with Gasteiger partial charge in [-0.15, -0.1) is 0 Å². The fourth-order valence-corrected chi connectivity index (χ4v) is 4.74. The Morgan fingerprint density at radius 2 is 1.00 bits per heavy atom. The predicted molar refractivity (Wildman–Crippen MR) is 148 cm³/mol. The summed E-state index contributed by atoms with van der Waals surface area (Å²) in [7, 11) is 1.70. The number of ether oxygens (including phenoxy) is 1. The van der Waals surface area contributed by atoms with Crippen LogP contribution in [0.5, 0.6) is 5.75 Å². The van der Waals surface area contributed by atoms with Gasteiger partial charge in [-0.3, -0.25) is 0 Å². The SMILES string of the molecule is COc1ccc(N(c2ccc(-c3ccccc3)cc2)c2ccc3ccc4ccccc4c3c2)cc1. The quantitative estimate of drug-likeness (QED) is 0.242. The lowest BCUT2D eigenvalue weighted by Gasteiger charge is -2.26. The molecule has 0 aliphatic rings. The number of benzene rings is 6. The second-order valence-corrected chi connectivity index (χ2v) is 8.64. The molecule has 0 N–H and O–H groups in total. The summed E-state index contributed by atoms with van der Waals surface area (Å²) in [5.41, 5.74) is 5.72. The van der Waals surface area contributed by atoms with Gasteiger partial charge < -0.3 is 9.64 Å². The first-order valence-electron chi connectivity index (χ1n) is 11.8. The van der Waals surface area contributed by atoms with Crippen molar-refractivity contribution in [3.63, 3.8) is 0 Å². The first-order valence-corrected chi connectivity index (χ1v) is 11.8.